The van der Waals surface area contributed by atoms with Gasteiger partial charge in [0.15, 0.2) is 6.61 Å². The third-order valence-corrected chi connectivity index (χ3v) is 3.51. The second-order valence-electron chi connectivity index (χ2n) is 6.70. The maximum Gasteiger partial charge on any atom is 0.337 e. The van der Waals surface area contributed by atoms with Crippen LogP contribution >= 0.6 is 0 Å². The molecule has 0 saturated heterocycles. The molecule has 0 spiro atoms. The number of carbonyl (C=O) groups is 2. The topological polar surface area (TPSA) is 79.5 Å². The monoisotopic (exact) mass is 359 g/mol. The lowest BCUT2D eigenvalue weighted by molar-refractivity contribution is -0.123. The summed E-state index contributed by atoms with van der Waals surface area (Å²) >= 11 is 0. The van der Waals surface area contributed by atoms with E-state index in [0.29, 0.717) is 11.4 Å². The highest BCUT2D eigenvalue weighted by molar-refractivity contribution is 5.91. The summed E-state index contributed by atoms with van der Waals surface area (Å²) in [6.07, 6.45) is 0. The fraction of sp³-hybridized carbons (Fsp3) is 0.263. The highest BCUT2D eigenvalue weighted by atomic mass is 19.1. The van der Waals surface area contributed by atoms with Gasteiger partial charge in [0.25, 0.3) is 5.91 Å². The first-order chi connectivity index (χ1) is 12.2. The van der Waals surface area contributed by atoms with E-state index in [-0.39, 0.29) is 12.0 Å². The van der Waals surface area contributed by atoms with Gasteiger partial charge in [-0.3, -0.25) is 10.2 Å². The molecule has 138 valence electrons. The van der Waals surface area contributed by atoms with Crippen LogP contribution in [0.5, 0.6) is 5.75 Å². The Balaban J connectivity index is 1.73. The van der Waals surface area contributed by atoms with Gasteiger partial charge >= 0.3 is 6.03 Å². The summed E-state index contributed by atoms with van der Waals surface area (Å²) in [5.41, 5.74) is 6.00. The number of amides is 3. The van der Waals surface area contributed by atoms with Gasteiger partial charge in [-0.05, 0) is 47.4 Å². The number of benzene rings is 2. The lowest BCUT2D eigenvalue weighted by Gasteiger charge is -2.19. The summed E-state index contributed by atoms with van der Waals surface area (Å²) in [5, 5.41) is 2.45. The van der Waals surface area contributed by atoms with Crippen LogP contribution in [0.25, 0.3) is 0 Å². The highest BCUT2D eigenvalue weighted by Gasteiger charge is 2.13. The second-order valence-corrected chi connectivity index (χ2v) is 6.70. The van der Waals surface area contributed by atoms with Gasteiger partial charge in [0.05, 0.1) is 0 Å². The van der Waals surface area contributed by atoms with Crippen molar-refractivity contribution in [3.05, 3.63) is 59.9 Å². The Morgan fingerprint density at radius 3 is 2.15 bits per heavy atom. The number of hydrogen-bond acceptors (Lipinski definition) is 3. The zero-order valence-electron chi connectivity index (χ0n) is 14.9. The Bertz CT molecular complexity index is 753. The smallest absolute Gasteiger partial charge is 0.337 e. The summed E-state index contributed by atoms with van der Waals surface area (Å²) in [5.74, 6) is -0.361. The first-order valence-corrected chi connectivity index (χ1v) is 8.09. The fourth-order valence-corrected chi connectivity index (χ4v) is 2.06. The van der Waals surface area contributed by atoms with Gasteiger partial charge < -0.3 is 10.1 Å². The molecule has 0 saturated carbocycles. The molecule has 0 atom stereocenters. The number of hydrazine groups is 1. The summed E-state index contributed by atoms with van der Waals surface area (Å²) in [6, 6.07) is 12.1. The molecule has 3 amide bonds. The quantitative estimate of drug-likeness (QED) is 0.733. The van der Waals surface area contributed by atoms with E-state index in [2.05, 4.69) is 36.9 Å². The molecule has 0 radical (unpaired) electrons. The zero-order chi connectivity index (χ0) is 19.2. The number of rotatable bonds is 4. The molecule has 6 nitrogen and oxygen atoms in total. The van der Waals surface area contributed by atoms with E-state index in [0.717, 1.165) is 5.56 Å². The molecule has 0 aliphatic carbocycles. The standard InChI is InChI=1S/C19H22FN3O3/c1-19(2,3)13-4-10-16(11-5-13)26-12-17(24)22-23-18(25)21-15-8-6-14(20)7-9-15/h4-11H,12H2,1-3H3,(H,22,24)(H2,21,23,25). The van der Waals surface area contributed by atoms with E-state index in [1.165, 1.54) is 24.3 Å². The molecule has 0 heterocycles. The molecule has 0 fully saturated rings. The molecule has 0 aliphatic rings. The van der Waals surface area contributed by atoms with Gasteiger partial charge in [0, 0.05) is 5.69 Å². The van der Waals surface area contributed by atoms with Crippen molar-refractivity contribution in [1.29, 1.82) is 0 Å². The lowest BCUT2D eigenvalue weighted by atomic mass is 9.87. The molecule has 2 aromatic rings. The van der Waals surface area contributed by atoms with Gasteiger partial charge in [-0.25, -0.2) is 14.6 Å². The largest absolute Gasteiger partial charge is 0.484 e. The van der Waals surface area contributed by atoms with E-state index in [1.54, 1.807) is 12.1 Å². The SMILES string of the molecule is CC(C)(C)c1ccc(OCC(=O)NNC(=O)Nc2ccc(F)cc2)cc1. The summed E-state index contributed by atoms with van der Waals surface area (Å²) in [4.78, 5) is 23.4. The van der Waals surface area contributed by atoms with Gasteiger partial charge in [-0.15, -0.1) is 0 Å². The predicted octanol–water partition coefficient (Wildman–Crippen LogP) is 3.35. The molecule has 0 unspecified atom stereocenters. The highest BCUT2D eigenvalue weighted by Crippen LogP contribution is 2.24. The van der Waals surface area contributed by atoms with Crippen LogP contribution in [0.1, 0.15) is 26.3 Å². The fourth-order valence-electron chi connectivity index (χ4n) is 2.06. The van der Waals surface area contributed by atoms with E-state index in [1.807, 2.05) is 12.1 Å². The van der Waals surface area contributed by atoms with Crippen molar-refractivity contribution in [2.75, 3.05) is 11.9 Å². The average molecular weight is 359 g/mol. The average Bonchev–Trinajstić information content (AvgIpc) is 2.60. The van der Waals surface area contributed by atoms with E-state index < -0.39 is 17.8 Å². The molecule has 0 bridgehead atoms. The summed E-state index contributed by atoms with van der Waals surface area (Å²) in [6.45, 7) is 6.09. The van der Waals surface area contributed by atoms with Gasteiger partial charge in [-0.1, -0.05) is 32.9 Å². The zero-order valence-corrected chi connectivity index (χ0v) is 14.9. The minimum Gasteiger partial charge on any atom is -0.484 e. The molecule has 7 heteroatoms. The van der Waals surface area contributed by atoms with Crippen LogP contribution in [0, 0.1) is 5.82 Å². The van der Waals surface area contributed by atoms with Crippen LogP contribution < -0.4 is 20.9 Å². The minimum absolute atomic E-state index is 0.0394. The molecule has 0 aromatic heterocycles. The van der Waals surface area contributed by atoms with Crippen LogP contribution in [0.15, 0.2) is 48.5 Å². The minimum atomic E-state index is -0.653. The first kappa shape index (κ1) is 19.2. The van der Waals surface area contributed by atoms with Crippen molar-refractivity contribution in [3.63, 3.8) is 0 Å². The van der Waals surface area contributed by atoms with Crippen molar-refractivity contribution in [2.24, 2.45) is 0 Å². The Kier molecular flexibility index (Phi) is 6.16. The van der Waals surface area contributed by atoms with Crippen molar-refractivity contribution in [1.82, 2.24) is 10.9 Å². The Morgan fingerprint density at radius 2 is 1.58 bits per heavy atom. The number of ether oxygens (including phenoxy) is 1. The second kappa shape index (κ2) is 8.33. The number of nitrogens with one attached hydrogen (secondary N) is 3. The van der Waals surface area contributed by atoms with Crippen LogP contribution in [-0.2, 0) is 10.2 Å². The van der Waals surface area contributed by atoms with Crippen LogP contribution in [-0.4, -0.2) is 18.5 Å². The van der Waals surface area contributed by atoms with Crippen LogP contribution in [0.4, 0.5) is 14.9 Å². The Morgan fingerprint density at radius 1 is 0.962 bits per heavy atom. The Hall–Kier alpha value is -3.09. The third kappa shape index (κ3) is 6.08. The normalized spacial score (nSPS) is 10.8. The number of anilines is 1. The summed E-state index contributed by atoms with van der Waals surface area (Å²) in [7, 11) is 0. The van der Waals surface area contributed by atoms with E-state index in [9.17, 15) is 14.0 Å². The first-order valence-electron chi connectivity index (χ1n) is 8.09. The van der Waals surface area contributed by atoms with Crippen molar-refractivity contribution in [2.45, 2.75) is 26.2 Å². The molecule has 2 aromatic carbocycles. The van der Waals surface area contributed by atoms with Crippen molar-refractivity contribution in [3.8, 4) is 5.75 Å². The van der Waals surface area contributed by atoms with Crippen LogP contribution in [0.2, 0.25) is 0 Å². The number of urea groups is 1. The van der Waals surface area contributed by atoms with Gasteiger partial charge in [0.1, 0.15) is 11.6 Å². The van der Waals surface area contributed by atoms with Crippen molar-refractivity contribution < 1.29 is 18.7 Å². The molecule has 0 aliphatic heterocycles. The van der Waals surface area contributed by atoms with Crippen molar-refractivity contribution >= 4 is 17.6 Å². The molecule has 2 rings (SSSR count). The number of carbonyl (C=O) groups excluding carboxylic acids is 2. The number of halogens is 1. The van der Waals surface area contributed by atoms with E-state index >= 15 is 0 Å². The lowest BCUT2D eigenvalue weighted by Crippen LogP contribution is -2.45. The number of hydrogen-bond donors (Lipinski definition) is 3. The molecular weight excluding hydrogens is 337 g/mol. The maximum absolute atomic E-state index is 12.8. The van der Waals surface area contributed by atoms with Gasteiger partial charge in [-0.2, -0.15) is 0 Å². The van der Waals surface area contributed by atoms with Gasteiger partial charge in [0.2, 0.25) is 0 Å². The molecule has 3 N–H and O–H groups in total. The molecule has 26 heavy (non-hydrogen) atoms. The maximum atomic E-state index is 12.8. The van der Waals surface area contributed by atoms with Crippen LogP contribution in [0.3, 0.4) is 0 Å². The molecular formula is C19H22FN3O3. The predicted molar refractivity (Wildman–Crippen MR) is 97.3 cm³/mol. The van der Waals surface area contributed by atoms with E-state index in [4.69, 9.17) is 4.74 Å². The third-order valence-electron chi connectivity index (χ3n) is 3.51. The Labute approximate surface area is 151 Å². The summed E-state index contributed by atoms with van der Waals surface area (Å²) < 4.78 is 18.2.